The highest BCUT2D eigenvalue weighted by Crippen LogP contribution is 2.50. The molecule has 25 heavy (non-hydrogen) atoms. The first-order chi connectivity index (χ1) is 12.3. The zero-order chi connectivity index (χ0) is 16.4. The van der Waals surface area contributed by atoms with Gasteiger partial charge < -0.3 is 14.6 Å². The van der Waals surface area contributed by atoms with Gasteiger partial charge in [-0.05, 0) is 30.4 Å². The Morgan fingerprint density at radius 3 is 2.68 bits per heavy atom. The molecule has 3 aliphatic rings. The minimum absolute atomic E-state index is 0.534. The molecular weight excluding hydrogens is 310 g/mol. The molecule has 0 radical (unpaired) electrons. The molecule has 2 saturated heterocycles. The highest BCUT2D eigenvalue weighted by molar-refractivity contribution is 5.76. The maximum atomic E-state index is 4.61. The Hall–Kier alpha value is -2.40. The highest BCUT2D eigenvalue weighted by Gasteiger charge is 2.48. The van der Waals surface area contributed by atoms with Crippen molar-refractivity contribution in [2.75, 3.05) is 31.1 Å². The lowest BCUT2D eigenvalue weighted by molar-refractivity contribution is 0.121. The fraction of sp³-hybridized carbons (Fsp3) is 0.400. The van der Waals surface area contributed by atoms with Crippen molar-refractivity contribution in [3.63, 3.8) is 0 Å². The van der Waals surface area contributed by atoms with Crippen molar-refractivity contribution in [1.82, 2.24) is 19.7 Å². The third-order valence-electron chi connectivity index (χ3n) is 6.06. The lowest BCUT2D eigenvalue weighted by atomic mass is 9.74. The van der Waals surface area contributed by atoms with Crippen LogP contribution in [0.15, 0.2) is 43.2 Å². The molecule has 5 heteroatoms. The van der Waals surface area contributed by atoms with Crippen molar-refractivity contribution in [3.05, 3.63) is 48.8 Å². The molecule has 5 heterocycles. The molecule has 1 N–H and O–H groups in total. The topological polar surface area (TPSA) is 45.5 Å². The van der Waals surface area contributed by atoms with E-state index in [0.717, 1.165) is 5.52 Å². The molecule has 126 valence electrons. The summed E-state index contributed by atoms with van der Waals surface area (Å²) in [6.45, 7) is 4.69. The predicted molar refractivity (Wildman–Crippen MR) is 97.9 cm³/mol. The van der Waals surface area contributed by atoms with Crippen LogP contribution < -0.4 is 10.2 Å². The second-order valence-electron chi connectivity index (χ2n) is 8.00. The third-order valence-corrected chi connectivity index (χ3v) is 6.06. The van der Waals surface area contributed by atoms with Gasteiger partial charge in [0.25, 0.3) is 0 Å². The number of aromatic nitrogens is 3. The van der Waals surface area contributed by atoms with Crippen LogP contribution in [0.4, 0.5) is 5.69 Å². The second kappa shape index (κ2) is 4.82. The van der Waals surface area contributed by atoms with Gasteiger partial charge in [0.15, 0.2) is 0 Å². The quantitative estimate of drug-likeness (QED) is 0.801. The predicted octanol–water partition coefficient (Wildman–Crippen LogP) is 2.68. The van der Waals surface area contributed by atoms with E-state index in [0.29, 0.717) is 11.3 Å². The zero-order valence-corrected chi connectivity index (χ0v) is 14.2. The summed E-state index contributed by atoms with van der Waals surface area (Å²) >= 11 is 0. The van der Waals surface area contributed by atoms with Crippen molar-refractivity contribution in [2.24, 2.45) is 5.41 Å². The molecule has 5 nitrogen and oxygen atoms in total. The van der Waals surface area contributed by atoms with Crippen LogP contribution >= 0.6 is 0 Å². The van der Waals surface area contributed by atoms with E-state index >= 15 is 0 Å². The molecule has 6 rings (SSSR count). The smallest absolute Gasteiger partial charge is 0.0992 e. The summed E-state index contributed by atoms with van der Waals surface area (Å²) in [6, 6.07) is 4.35. The van der Waals surface area contributed by atoms with Gasteiger partial charge in [-0.1, -0.05) is 6.07 Å². The van der Waals surface area contributed by atoms with Crippen LogP contribution in [0.25, 0.3) is 16.6 Å². The van der Waals surface area contributed by atoms with Crippen LogP contribution in [0.3, 0.4) is 0 Å². The number of fused-ring (bicyclic) bond motifs is 1. The van der Waals surface area contributed by atoms with E-state index in [4.69, 9.17) is 0 Å². The van der Waals surface area contributed by atoms with Gasteiger partial charge in [0.2, 0.25) is 0 Å². The number of hydrogen-bond acceptors (Lipinski definition) is 4. The van der Waals surface area contributed by atoms with E-state index in [-0.39, 0.29) is 0 Å². The molecule has 0 aromatic carbocycles. The minimum atomic E-state index is 0.534. The van der Waals surface area contributed by atoms with E-state index < -0.39 is 0 Å². The monoisotopic (exact) mass is 331 g/mol. The van der Waals surface area contributed by atoms with E-state index in [1.165, 1.54) is 61.4 Å². The zero-order valence-electron chi connectivity index (χ0n) is 14.2. The van der Waals surface area contributed by atoms with Gasteiger partial charge >= 0.3 is 0 Å². The fourth-order valence-electron chi connectivity index (χ4n) is 4.46. The maximum absolute atomic E-state index is 4.61. The summed E-state index contributed by atoms with van der Waals surface area (Å²) in [6.07, 6.45) is 12.7. The standard InChI is InChI=1S/C20H21N5/c1-2-14(1)19-17(15-3-4-16-5-22-13-24(16)8-15)6-21-7-18(19)25-11-20(12-25)9-23-10-20/h3-8,13-14,23H,1-2,9-12H2. The number of anilines is 1. The summed E-state index contributed by atoms with van der Waals surface area (Å²) in [7, 11) is 0. The average Bonchev–Trinajstić information content (AvgIpc) is 3.28. The van der Waals surface area contributed by atoms with Crippen LogP contribution in [0, 0.1) is 5.41 Å². The van der Waals surface area contributed by atoms with E-state index in [2.05, 4.69) is 55.3 Å². The van der Waals surface area contributed by atoms with E-state index in [1.807, 2.05) is 12.5 Å². The fourth-order valence-corrected chi connectivity index (χ4v) is 4.46. The first-order valence-corrected chi connectivity index (χ1v) is 9.17. The molecule has 3 aromatic heterocycles. The Kier molecular flexibility index (Phi) is 2.67. The number of imidazole rings is 1. The van der Waals surface area contributed by atoms with Gasteiger partial charge in [0.05, 0.1) is 29.9 Å². The molecule has 3 aromatic rings. The molecule has 0 unspecified atom stereocenters. The minimum Gasteiger partial charge on any atom is -0.369 e. The van der Waals surface area contributed by atoms with Gasteiger partial charge in [0, 0.05) is 55.1 Å². The van der Waals surface area contributed by atoms with Crippen molar-refractivity contribution >= 4 is 11.2 Å². The summed E-state index contributed by atoms with van der Waals surface area (Å²) in [4.78, 5) is 11.4. The SMILES string of the molecule is c1cc2cncn2cc1-c1cncc(N2CC3(CNC3)C2)c1C1CC1. The Balaban J connectivity index is 1.44. The van der Waals surface area contributed by atoms with Crippen molar-refractivity contribution in [2.45, 2.75) is 18.8 Å². The first-order valence-electron chi connectivity index (χ1n) is 9.17. The van der Waals surface area contributed by atoms with Crippen LogP contribution in [0.5, 0.6) is 0 Å². The molecule has 0 amide bonds. The highest BCUT2D eigenvalue weighted by atomic mass is 15.3. The first kappa shape index (κ1) is 13.8. The molecule has 0 atom stereocenters. The largest absolute Gasteiger partial charge is 0.369 e. The molecular formula is C20H21N5. The van der Waals surface area contributed by atoms with Gasteiger partial charge in [0.1, 0.15) is 0 Å². The lowest BCUT2D eigenvalue weighted by Gasteiger charge is -2.57. The number of pyridine rings is 2. The molecule has 3 fully saturated rings. The van der Waals surface area contributed by atoms with E-state index in [1.54, 1.807) is 0 Å². The van der Waals surface area contributed by atoms with Crippen molar-refractivity contribution < 1.29 is 0 Å². The number of nitrogens with one attached hydrogen (secondary N) is 1. The van der Waals surface area contributed by atoms with Crippen LogP contribution in [0.1, 0.15) is 24.3 Å². The Morgan fingerprint density at radius 1 is 1.04 bits per heavy atom. The molecule has 2 aliphatic heterocycles. The van der Waals surface area contributed by atoms with Gasteiger partial charge in [-0.15, -0.1) is 0 Å². The number of rotatable bonds is 3. The van der Waals surface area contributed by atoms with Gasteiger partial charge in [-0.3, -0.25) is 4.98 Å². The summed E-state index contributed by atoms with van der Waals surface area (Å²) in [5.41, 5.74) is 7.07. The maximum Gasteiger partial charge on any atom is 0.0992 e. The second-order valence-corrected chi connectivity index (χ2v) is 8.00. The Morgan fingerprint density at radius 2 is 1.92 bits per heavy atom. The summed E-state index contributed by atoms with van der Waals surface area (Å²) in [5.74, 6) is 0.697. The normalized spacial score (nSPS) is 21.4. The number of hydrogen-bond donors (Lipinski definition) is 1. The van der Waals surface area contributed by atoms with Gasteiger partial charge in [-0.25, -0.2) is 4.98 Å². The van der Waals surface area contributed by atoms with Crippen molar-refractivity contribution in [1.29, 1.82) is 0 Å². The summed E-state index contributed by atoms with van der Waals surface area (Å²) < 4.78 is 2.09. The number of nitrogens with zero attached hydrogens (tertiary/aromatic N) is 4. The Labute approximate surface area is 146 Å². The molecule has 1 saturated carbocycles. The average molecular weight is 331 g/mol. The Bertz CT molecular complexity index is 959. The van der Waals surface area contributed by atoms with Crippen molar-refractivity contribution in [3.8, 4) is 11.1 Å². The molecule has 1 aliphatic carbocycles. The van der Waals surface area contributed by atoms with E-state index in [9.17, 15) is 0 Å². The lowest BCUT2D eigenvalue weighted by Crippen LogP contribution is -2.71. The van der Waals surface area contributed by atoms with Crippen LogP contribution in [-0.4, -0.2) is 40.5 Å². The third kappa shape index (κ3) is 2.05. The van der Waals surface area contributed by atoms with Crippen LogP contribution in [-0.2, 0) is 0 Å². The van der Waals surface area contributed by atoms with Gasteiger partial charge in [-0.2, -0.15) is 0 Å². The summed E-state index contributed by atoms with van der Waals surface area (Å²) in [5, 5.41) is 3.43. The molecule has 0 bridgehead atoms. The van der Waals surface area contributed by atoms with Crippen LogP contribution in [0.2, 0.25) is 0 Å². The molecule has 1 spiro atoms.